The second-order valence-corrected chi connectivity index (χ2v) is 6.35. The van der Waals surface area contributed by atoms with Crippen LogP contribution < -0.4 is 5.32 Å². The molecule has 2 aliphatic heterocycles. The van der Waals surface area contributed by atoms with Crippen molar-refractivity contribution in [2.24, 2.45) is 5.41 Å². The van der Waals surface area contributed by atoms with Crippen LogP contribution in [0.15, 0.2) is 0 Å². The van der Waals surface area contributed by atoms with Crippen LogP contribution >= 0.6 is 0 Å². The number of nitrogens with one attached hydrogen (secondary N) is 1. The molecule has 0 saturated carbocycles. The molecule has 1 N–H and O–H groups in total. The van der Waals surface area contributed by atoms with Crippen molar-refractivity contribution >= 4 is 5.91 Å². The molecule has 1 amide bonds. The van der Waals surface area contributed by atoms with E-state index >= 15 is 0 Å². The maximum Gasteiger partial charge on any atom is 0.239 e. The van der Waals surface area contributed by atoms with Crippen LogP contribution in [0.5, 0.6) is 0 Å². The molecule has 2 rings (SSSR count). The topological polar surface area (TPSA) is 32.3 Å². The van der Waals surface area contributed by atoms with E-state index in [0.29, 0.717) is 11.3 Å². The molecule has 0 spiro atoms. The average Bonchev–Trinajstić information content (AvgIpc) is 2.68. The van der Waals surface area contributed by atoms with Crippen molar-refractivity contribution in [3.05, 3.63) is 0 Å². The molecule has 104 valence electrons. The number of hydrogen-bond donors (Lipinski definition) is 1. The van der Waals surface area contributed by atoms with Crippen LogP contribution in [-0.2, 0) is 4.79 Å². The van der Waals surface area contributed by atoms with Gasteiger partial charge in [0.15, 0.2) is 0 Å². The molecule has 18 heavy (non-hydrogen) atoms. The third-order valence-electron chi connectivity index (χ3n) is 4.99. The smallest absolute Gasteiger partial charge is 0.239 e. The van der Waals surface area contributed by atoms with Crippen LogP contribution in [0.4, 0.5) is 0 Å². The molecule has 2 fully saturated rings. The Morgan fingerprint density at radius 1 is 1.28 bits per heavy atom. The molecule has 2 saturated heterocycles. The van der Waals surface area contributed by atoms with E-state index in [0.717, 1.165) is 26.1 Å². The molecule has 0 aromatic carbocycles. The van der Waals surface area contributed by atoms with E-state index in [9.17, 15) is 4.79 Å². The number of piperidine rings is 1. The quantitative estimate of drug-likeness (QED) is 0.819. The van der Waals surface area contributed by atoms with Crippen LogP contribution in [0.2, 0.25) is 0 Å². The molecule has 3 nitrogen and oxygen atoms in total. The molecule has 0 bridgehead atoms. The van der Waals surface area contributed by atoms with Gasteiger partial charge in [-0.25, -0.2) is 0 Å². The van der Waals surface area contributed by atoms with Crippen molar-refractivity contribution in [1.29, 1.82) is 0 Å². The van der Waals surface area contributed by atoms with Gasteiger partial charge in [-0.15, -0.1) is 0 Å². The van der Waals surface area contributed by atoms with Crippen molar-refractivity contribution in [1.82, 2.24) is 10.2 Å². The van der Waals surface area contributed by atoms with Crippen LogP contribution in [0.25, 0.3) is 0 Å². The van der Waals surface area contributed by atoms with Gasteiger partial charge in [0.2, 0.25) is 5.91 Å². The summed E-state index contributed by atoms with van der Waals surface area (Å²) in [6.45, 7) is 7.56. The van der Waals surface area contributed by atoms with E-state index in [4.69, 9.17) is 0 Å². The van der Waals surface area contributed by atoms with Crippen molar-refractivity contribution in [2.45, 2.75) is 64.8 Å². The lowest BCUT2D eigenvalue weighted by atomic mass is 9.78. The van der Waals surface area contributed by atoms with E-state index < -0.39 is 0 Å². The Morgan fingerprint density at radius 2 is 2.00 bits per heavy atom. The van der Waals surface area contributed by atoms with E-state index in [2.05, 4.69) is 24.1 Å². The maximum atomic E-state index is 12.5. The molecule has 2 aliphatic rings. The first-order valence-electron chi connectivity index (χ1n) is 7.67. The second kappa shape index (κ2) is 6.05. The Bertz CT molecular complexity index is 274. The number of nitrogens with zero attached hydrogens (tertiary/aromatic N) is 1. The standard InChI is InChI=1S/C15H28N2O/c1-3-15(2)8-11-17(12-9-15)14(18)13-7-5-4-6-10-16-13/h13,16H,3-12H2,1-2H3. The minimum atomic E-state index is 0.0958. The van der Waals surface area contributed by atoms with E-state index in [-0.39, 0.29) is 6.04 Å². The van der Waals surface area contributed by atoms with Gasteiger partial charge in [-0.2, -0.15) is 0 Å². The predicted octanol–water partition coefficient (Wildman–Crippen LogP) is 2.56. The van der Waals surface area contributed by atoms with Crippen LogP contribution in [0, 0.1) is 5.41 Å². The first-order valence-corrected chi connectivity index (χ1v) is 7.67. The van der Waals surface area contributed by atoms with Crippen molar-refractivity contribution in [3.8, 4) is 0 Å². The lowest BCUT2D eigenvalue weighted by Crippen LogP contribution is -2.50. The van der Waals surface area contributed by atoms with E-state index in [1.54, 1.807) is 0 Å². The Balaban J connectivity index is 1.86. The van der Waals surface area contributed by atoms with Gasteiger partial charge < -0.3 is 10.2 Å². The Kier molecular flexibility index (Phi) is 4.66. The summed E-state index contributed by atoms with van der Waals surface area (Å²) in [5, 5.41) is 3.42. The fourth-order valence-corrected chi connectivity index (χ4v) is 3.08. The largest absolute Gasteiger partial charge is 0.341 e. The number of carbonyl (C=O) groups excluding carboxylic acids is 1. The number of carbonyl (C=O) groups is 1. The molecular formula is C15H28N2O. The van der Waals surface area contributed by atoms with Gasteiger partial charge in [0.05, 0.1) is 6.04 Å². The van der Waals surface area contributed by atoms with Gasteiger partial charge in [0, 0.05) is 13.1 Å². The highest BCUT2D eigenvalue weighted by Gasteiger charge is 2.32. The van der Waals surface area contributed by atoms with Crippen LogP contribution in [0.3, 0.4) is 0 Å². The first kappa shape index (κ1) is 13.9. The van der Waals surface area contributed by atoms with Crippen molar-refractivity contribution in [3.63, 3.8) is 0 Å². The number of hydrogen-bond acceptors (Lipinski definition) is 2. The molecule has 0 radical (unpaired) electrons. The minimum Gasteiger partial charge on any atom is -0.341 e. The van der Waals surface area contributed by atoms with Gasteiger partial charge in [-0.05, 0) is 37.6 Å². The summed E-state index contributed by atoms with van der Waals surface area (Å²) in [4.78, 5) is 14.6. The molecule has 0 aromatic rings. The summed E-state index contributed by atoms with van der Waals surface area (Å²) in [6.07, 6.45) is 8.29. The number of amides is 1. The van der Waals surface area contributed by atoms with Gasteiger partial charge in [0.1, 0.15) is 0 Å². The molecule has 1 unspecified atom stereocenters. The zero-order chi connectivity index (χ0) is 13.0. The first-order chi connectivity index (χ1) is 8.64. The van der Waals surface area contributed by atoms with Gasteiger partial charge in [0.25, 0.3) is 0 Å². The van der Waals surface area contributed by atoms with E-state index in [1.807, 2.05) is 0 Å². The summed E-state index contributed by atoms with van der Waals surface area (Å²) in [5.41, 5.74) is 0.466. The van der Waals surface area contributed by atoms with Crippen molar-refractivity contribution < 1.29 is 4.79 Å². The molecule has 2 heterocycles. The minimum absolute atomic E-state index is 0.0958. The third-order valence-corrected chi connectivity index (χ3v) is 4.99. The van der Waals surface area contributed by atoms with Gasteiger partial charge >= 0.3 is 0 Å². The van der Waals surface area contributed by atoms with Gasteiger partial charge in [-0.1, -0.05) is 33.1 Å². The fraction of sp³-hybridized carbons (Fsp3) is 0.933. The predicted molar refractivity (Wildman–Crippen MR) is 74.5 cm³/mol. The van der Waals surface area contributed by atoms with E-state index in [1.165, 1.54) is 38.5 Å². The number of likely N-dealkylation sites (tertiary alicyclic amines) is 1. The summed E-state index contributed by atoms with van der Waals surface area (Å²) in [5.74, 6) is 0.357. The highest BCUT2D eigenvalue weighted by Crippen LogP contribution is 2.34. The zero-order valence-electron chi connectivity index (χ0n) is 12.0. The fourth-order valence-electron chi connectivity index (χ4n) is 3.08. The monoisotopic (exact) mass is 252 g/mol. The number of rotatable bonds is 2. The summed E-state index contributed by atoms with van der Waals surface area (Å²) in [7, 11) is 0. The summed E-state index contributed by atoms with van der Waals surface area (Å²) >= 11 is 0. The zero-order valence-corrected chi connectivity index (χ0v) is 12.0. The summed E-state index contributed by atoms with van der Waals surface area (Å²) < 4.78 is 0. The maximum absolute atomic E-state index is 12.5. The Hall–Kier alpha value is -0.570. The van der Waals surface area contributed by atoms with Crippen molar-refractivity contribution in [2.75, 3.05) is 19.6 Å². The average molecular weight is 252 g/mol. The molecule has 0 aromatic heterocycles. The molecule has 1 atom stereocenters. The highest BCUT2D eigenvalue weighted by atomic mass is 16.2. The van der Waals surface area contributed by atoms with Crippen LogP contribution in [0.1, 0.15) is 58.8 Å². The molecule has 0 aliphatic carbocycles. The van der Waals surface area contributed by atoms with Crippen LogP contribution in [-0.4, -0.2) is 36.5 Å². The normalized spacial score (nSPS) is 28.8. The molecule has 3 heteroatoms. The Labute approximate surface area is 111 Å². The lowest BCUT2D eigenvalue weighted by molar-refractivity contribution is -0.135. The highest BCUT2D eigenvalue weighted by molar-refractivity contribution is 5.82. The Morgan fingerprint density at radius 3 is 2.67 bits per heavy atom. The third kappa shape index (κ3) is 3.25. The lowest BCUT2D eigenvalue weighted by Gasteiger charge is -2.40. The second-order valence-electron chi connectivity index (χ2n) is 6.35. The molecular weight excluding hydrogens is 224 g/mol. The SMILES string of the molecule is CCC1(C)CCN(C(=O)C2CCCCCN2)CC1. The summed E-state index contributed by atoms with van der Waals surface area (Å²) in [6, 6.07) is 0.0958. The van der Waals surface area contributed by atoms with Gasteiger partial charge in [-0.3, -0.25) is 4.79 Å².